The number of amides is 2. The Morgan fingerprint density at radius 3 is 2.95 bits per heavy atom. The van der Waals surface area contributed by atoms with Gasteiger partial charge in [-0.3, -0.25) is 9.59 Å². The summed E-state index contributed by atoms with van der Waals surface area (Å²) in [5, 5.41) is 2.79. The highest BCUT2D eigenvalue weighted by Crippen LogP contribution is 2.34. The maximum absolute atomic E-state index is 12.2. The van der Waals surface area contributed by atoms with E-state index in [1.807, 2.05) is 24.3 Å². The Morgan fingerprint density at radius 1 is 1.47 bits per heavy atom. The van der Waals surface area contributed by atoms with E-state index < -0.39 is 5.92 Å². The molecule has 2 amide bonds. The van der Waals surface area contributed by atoms with Crippen LogP contribution in [0.3, 0.4) is 0 Å². The van der Waals surface area contributed by atoms with Gasteiger partial charge in [0.25, 0.3) is 0 Å². The Balaban J connectivity index is 2.20. The number of carbonyl (C=O) groups is 2. The summed E-state index contributed by atoms with van der Waals surface area (Å²) < 4.78 is 4.90. The number of rotatable bonds is 4. The summed E-state index contributed by atoms with van der Waals surface area (Å²) in [6.45, 7) is 0.923. The molecular weight excluding hydrogens is 244 g/mol. The molecule has 0 spiro atoms. The van der Waals surface area contributed by atoms with Crippen LogP contribution >= 0.6 is 0 Å². The number of hydrogen-bond donors (Lipinski definition) is 1. The van der Waals surface area contributed by atoms with Gasteiger partial charge in [0.2, 0.25) is 11.8 Å². The Morgan fingerprint density at radius 2 is 2.21 bits per heavy atom. The molecule has 19 heavy (non-hydrogen) atoms. The predicted molar refractivity (Wildman–Crippen MR) is 72.1 cm³/mol. The van der Waals surface area contributed by atoms with Crippen molar-refractivity contribution in [3.05, 3.63) is 29.8 Å². The lowest BCUT2D eigenvalue weighted by Gasteiger charge is -2.30. The average Bonchev–Trinajstić information content (AvgIpc) is 2.43. The number of nitrogens with one attached hydrogen (secondary N) is 1. The smallest absolute Gasteiger partial charge is 0.228 e. The van der Waals surface area contributed by atoms with Crippen LogP contribution in [-0.2, 0) is 14.3 Å². The van der Waals surface area contributed by atoms with Crippen LogP contribution in [0.2, 0.25) is 0 Å². The molecule has 1 heterocycles. The minimum atomic E-state index is -0.406. The molecule has 1 N–H and O–H groups in total. The number of hydrogen-bond acceptors (Lipinski definition) is 3. The van der Waals surface area contributed by atoms with Crippen LogP contribution in [0.25, 0.3) is 0 Å². The van der Waals surface area contributed by atoms with E-state index in [4.69, 9.17) is 4.74 Å². The zero-order valence-electron chi connectivity index (χ0n) is 11.2. The fourth-order valence-electron chi connectivity index (χ4n) is 2.28. The summed E-state index contributed by atoms with van der Waals surface area (Å²) in [4.78, 5) is 25.7. The van der Waals surface area contributed by atoms with Gasteiger partial charge in [-0.25, -0.2) is 0 Å². The zero-order valence-corrected chi connectivity index (χ0v) is 11.2. The molecule has 0 aromatic heterocycles. The third-order valence-electron chi connectivity index (χ3n) is 3.35. The first-order valence-electron chi connectivity index (χ1n) is 6.27. The highest BCUT2D eigenvalue weighted by molar-refractivity contribution is 6.02. The second-order valence-electron chi connectivity index (χ2n) is 4.55. The molecule has 1 atom stereocenters. The van der Waals surface area contributed by atoms with Gasteiger partial charge in [0, 0.05) is 32.8 Å². The highest BCUT2D eigenvalue weighted by atomic mass is 16.5. The number of para-hydroxylation sites is 1. The van der Waals surface area contributed by atoms with Crippen molar-refractivity contribution in [2.24, 2.45) is 0 Å². The summed E-state index contributed by atoms with van der Waals surface area (Å²) >= 11 is 0. The number of anilines is 1. The summed E-state index contributed by atoms with van der Waals surface area (Å²) in [5.41, 5.74) is 1.71. The molecule has 0 bridgehead atoms. The molecule has 0 aliphatic carbocycles. The van der Waals surface area contributed by atoms with Gasteiger partial charge in [-0.05, 0) is 11.6 Å². The molecule has 0 fully saturated rings. The number of fused-ring (bicyclic) bond motifs is 1. The molecule has 0 saturated heterocycles. The maximum atomic E-state index is 12.2. The summed E-state index contributed by atoms with van der Waals surface area (Å²) in [7, 11) is 3.32. The maximum Gasteiger partial charge on any atom is 0.228 e. The molecule has 1 aliphatic rings. The van der Waals surface area contributed by atoms with E-state index in [1.165, 1.54) is 0 Å². The standard InChI is InChI=1S/C14H18N2O3/c1-16-12-6-4-3-5-10(12)11(9-13(16)17)14(18)15-7-8-19-2/h3-6,11H,7-9H2,1-2H3,(H,15,18). The molecule has 2 rings (SSSR count). The number of methoxy groups -OCH3 is 1. The monoisotopic (exact) mass is 262 g/mol. The first kappa shape index (κ1) is 13.5. The van der Waals surface area contributed by atoms with Crippen LogP contribution < -0.4 is 10.2 Å². The lowest BCUT2D eigenvalue weighted by Crippen LogP contribution is -2.40. The predicted octanol–water partition coefficient (Wildman–Crippen LogP) is 0.899. The van der Waals surface area contributed by atoms with E-state index in [1.54, 1.807) is 19.1 Å². The molecule has 0 radical (unpaired) electrons. The average molecular weight is 262 g/mol. The second kappa shape index (κ2) is 5.84. The number of ether oxygens (including phenoxy) is 1. The van der Waals surface area contributed by atoms with E-state index in [0.29, 0.717) is 13.2 Å². The first-order chi connectivity index (χ1) is 9.15. The Kier molecular flexibility index (Phi) is 4.16. The van der Waals surface area contributed by atoms with Crippen LogP contribution in [-0.4, -0.2) is 39.1 Å². The van der Waals surface area contributed by atoms with Crippen LogP contribution in [0.1, 0.15) is 17.9 Å². The lowest BCUT2D eigenvalue weighted by atomic mass is 9.89. The van der Waals surface area contributed by atoms with Crippen LogP contribution in [0.15, 0.2) is 24.3 Å². The zero-order chi connectivity index (χ0) is 13.8. The molecule has 5 heteroatoms. The Labute approximate surface area is 112 Å². The number of nitrogens with zero attached hydrogens (tertiary/aromatic N) is 1. The van der Waals surface area contributed by atoms with Gasteiger partial charge in [0.05, 0.1) is 12.5 Å². The molecule has 1 aromatic carbocycles. The molecule has 102 valence electrons. The molecule has 1 aliphatic heterocycles. The van der Waals surface area contributed by atoms with Gasteiger partial charge in [-0.1, -0.05) is 18.2 Å². The van der Waals surface area contributed by atoms with Crippen molar-refractivity contribution < 1.29 is 14.3 Å². The fourth-order valence-corrected chi connectivity index (χ4v) is 2.28. The Bertz CT molecular complexity index is 487. The lowest BCUT2D eigenvalue weighted by molar-refractivity contribution is -0.127. The fraction of sp³-hybridized carbons (Fsp3) is 0.429. The van der Waals surface area contributed by atoms with E-state index in [2.05, 4.69) is 5.32 Å². The van der Waals surface area contributed by atoms with Crippen molar-refractivity contribution in [1.82, 2.24) is 5.32 Å². The van der Waals surface area contributed by atoms with E-state index in [0.717, 1.165) is 11.3 Å². The van der Waals surface area contributed by atoms with Crippen molar-refractivity contribution in [3.63, 3.8) is 0 Å². The topological polar surface area (TPSA) is 58.6 Å². The van der Waals surface area contributed by atoms with Crippen molar-refractivity contribution in [1.29, 1.82) is 0 Å². The van der Waals surface area contributed by atoms with Gasteiger partial charge < -0.3 is 15.0 Å². The van der Waals surface area contributed by atoms with E-state index in [9.17, 15) is 9.59 Å². The van der Waals surface area contributed by atoms with Crippen molar-refractivity contribution >= 4 is 17.5 Å². The SMILES string of the molecule is COCCNC(=O)C1CC(=O)N(C)c2ccccc21. The number of carbonyl (C=O) groups excluding carboxylic acids is 2. The van der Waals surface area contributed by atoms with Crippen LogP contribution in [0, 0.1) is 0 Å². The molecule has 5 nitrogen and oxygen atoms in total. The largest absolute Gasteiger partial charge is 0.383 e. The molecule has 0 saturated carbocycles. The summed E-state index contributed by atoms with van der Waals surface area (Å²) in [6.07, 6.45) is 0.215. The molecular formula is C14H18N2O3. The van der Waals surface area contributed by atoms with Gasteiger partial charge in [-0.2, -0.15) is 0 Å². The minimum absolute atomic E-state index is 0.0365. The van der Waals surface area contributed by atoms with Gasteiger partial charge in [-0.15, -0.1) is 0 Å². The number of benzene rings is 1. The van der Waals surface area contributed by atoms with Crippen molar-refractivity contribution in [3.8, 4) is 0 Å². The second-order valence-corrected chi connectivity index (χ2v) is 4.55. The third-order valence-corrected chi connectivity index (χ3v) is 3.35. The van der Waals surface area contributed by atoms with Crippen LogP contribution in [0.4, 0.5) is 5.69 Å². The normalized spacial score (nSPS) is 18.1. The quantitative estimate of drug-likeness (QED) is 0.820. The molecule has 1 unspecified atom stereocenters. The third kappa shape index (κ3) is 2.76. The summed E-state index contributed by atoms with van der Waals surface area (Å²) in [5.74, 6) is -0.562. The Hall–Kier alpha value is -1.88. The van der Waals surface area contributed by atoms with Crippen molar-refractivity contribution in [2.45, 2.75) is 12.3 Å². The first-order valence-corrected chi connectivity index (χ1v) is 6.27. The van der Waals surface area contributed by atoms with Crippen LogP contribution in [0.5, 0.6) is 0 Å². The van der Waals surface area contributed by atoms with E-state index >= 15 is 0 Å². The molecule has 1 aromatic rings. The summed E-state index contributed by atoms with van der Waals surface area (Å²) in [6, 6.07) is 7.52. The van der Waals surface area contributed by atoms with Gasteiger partial charge in [0.1, 0.15) is 0 Å². The minimum Gasteiger partial charge on any atom is -0.383 e. The van der Waals surface area contributed by atoms with Gasteiger partial charge in [0.15, 0.2) is 0 Å². The van der Waals surface area contributed by atoms with Gasteiger partial charge >= 0.3 is 0 Å². The van der Waals surface area contributed by atoms with Crippen molar-refractivity contribution in [2.75, 3.05) is 32.2 Å². The van der Waals surface area contributed by atoms with E-state index in [-0.39, 0.29) is 18.2 Å². The highest BCUT2D eigenvalue weighted by Gasteiger charge is 2.33.